The lowest BCUT2D eigenvalue weighted by atomic mass is 9.72. The number of alkyl halides is 1. The fourth-order valence-electron chi connectivity index (χ4n) is 2.11. The van der Waals surface area contributed by atoms with Gasteiger partial charge >= 0.3 is 5.97 Å². The van der Waals surface area contributed by atoms with E-state index in [4.69, 9.17) is 9.84 Å². The smallest absolute Gasteiger partial charge is 0.338 e. The van der Waals surface area contributed by atoms with E-state index >= 15 is 0 Å². The van der Waals surface area contributed by atoms with Gasteiger partial charge in [-0.25, -0.2) is 4.79 Å². The molecule has 0 amide bonds. The summed E-state index contributed by atoms with van der Waals surface area (Å²) in [6.45, 7) is 0.162. The van der Waals surface area contributed by atoms with Crippen LogP contribution in [-0.4, -0.2) is 29.1 Å². The van der Waals surface area contributed by atoms with E-state index in [1.54, 1.807) is 12.1 Å². The lowest BCUT2D eigenvalue weighted by Crippen LogP contribution is -2.46. The molecule has 2 rings (SSSR count). The SMILES string of the molecule is O=C(OC1CC(CO)C1CBr)c1ccccc1. The zero-order chi connectivity index (χ0) is 12.3. The van der Waals surface area contributed by atoms with Crippen molar-refractivity contribution >= 4 is 21.9 Å². The van der Waals surface area contributed by atoms with Gasteiger partial charge in [-0.05, 0) is 24.5 Å². The maximum absolute atomic E-state index is 11.8. The molecule has 1 saturated carbocycles. The first kappa shape index (κ1) is 12.6. The Morgan fingerprint density at radius 2 is 2.12 bits per heavy atom. The molecule has 92 valence electrons. The predicted octanol–water partition coefficient (Wildman–Crippen LogP) is 2.24. The molecule has 0 heterocycles. The van der Waals surface area contributed by atoms with E-state index in [-0.39, 0.29) is 30.5 Å². The molecule has 17 heavy (non-hydrogen) atoms. The third-order valence-electron chi connectivity index (χ3n) is 3.30. The zero-order valence-electron chi connectivity index (χ0n) is 9.38. The molecule has 1 aromatic carbocycles. The number of carbonyl (C=O) groups is 1. The van der Waals surface area contributed by atoms with Crippen molar-refractivity contribution in [3.05, 3.63) is 35.9 Å². The van der Waals surface area contributed by atoms with Gasteiger partial charge in [-0.3, -0.25) is 0 Å². The molecule has 0 saturated heterocycles. The van der Waals surface area contributed by atoms with Crippen LogP contribution in [-0.2, 0) is 4.74 Å². The molecule has 1 aromatic rings. The molecular formula is C13H15BrO3. The molecule has 0 aromatic heterocycles. The summed E-state index contributed by atoms with van der Waals surface area (Å²) >= 11 is 3.39. The van der Waals surface area contributed by atoms with E-state index < -0.39 is 0 Å². The Balaban J connectivity index is 1.92. The molecule has 4 heteroatoms. The van der Waals surface area contributed by atoms with Crippen molar-refractivity contribution in [2.45, 2.75) is 12.5 Å². The van der Waals surface area contributed by atoms with Crippen LogP contribution in [0.4, 0.5) is 0 Å². The van der Waals surface area contributed by atoms with Crippen LogP contribution in [0.2, 0.25) is 0 Å². The van der Waals surface area contributed by atoms with E-state index in [9.17, 15) is 4.79 Å². The summed E-state index contributed by atoms with van der Waals surface area (Å²) in [5.74, 6) is 0.202. The topological polar surface area (TPSA) is 46.5 Å². The highest BCUT2D eigenvalue weighted by Crippen LogP contribution is 2.38. The number of esters is 1. The Labute approximate surface area is 109 Å². The van der Waals surface area contributed by atoms with Gasteiger partial charge in [-0.1, -0.05) is 34.1 Å². The third kappa shape index (κ3) is 2.69. The quantitative estimate of drug-likeness (QED) is 0.685. The molecule has 0 spiro atoms. The first-order valence-corrected chi connectivity index (χ1v) is 6.81. The van der Waals surface area contributed by atoms with Gasteiger partial charge in [0.25, 0.3) is 0 Å². The number of benzene rings is 1. The molecule has 3 atom stereocenters. The molecule has 0 aliphatic heterocycles. The zero-order valence-corrected chi connectivity index (χ0v) is 11.0. The number of rotatable bonds is 4. The maximum Gasteiger partial charge on any atom is 0.338 e. The highest BCUT2D eigenvalue weighted by Gasteiger charge is 2.42. The Kier molecular flexibility index (Phi) is 4.18. The van der Waals surface area contributed by atoms with Crippen LogP contribution in [0.25, 0.3) is 0 Å². The van der Waals surface area contributed by atoms with Crippen molar-refractivity contribution in [2.24, 2.45) is 11.8 Å². The molecular weight excluding hydrogens is 284 g/mol. The number of aliphatic hydroxyl groups excluding tert-OH is 1. The van der Waals surface area contributed by atoms with Crippen LogP contribution in [0.15, 0.2) is 30.3 Å². The summed E-state index contributed by atoms with van der Waals surface area (Å²) in [7, 11) is 0. The summed E-state index contributed by atoms with van der Waals surface area (Å²) < 4.78 is 5.43. The minimum atomic E-state index is -0.280. The Morgan fingerprint density at radius 1 is 1.41 bits per heavy atom. The Morgan fingerprint density at radius 3 is 2.71 bits per heavy atom. The molecule has 3 unspecified atom stereocenters. The summed E-state index contributed by atoms with van der Waals surface area (Å²) in [5, 5.41) is 9.85. The number of ether oxygens (including phenoxy) is 1. The van der Waals surface area contributed by atoms with Gasteiger partial charge in [0.1, 0.15) is 6.10 Å². The van der Waals surface area contributed by atoms with Crippen molar-refractivity contribution in [2.75, 3.05) is 11.9 Å². The summed E-state index contributed by atoms with van der Waals surface area (Å²) in [4.78, 5) is 11.8. The van der Waals surface area contributed by atoms with Gasteiger partial charge in [0, 0.05) is 17.9 Å². The molecule has 1 aliphatic rings. The highest BCUT2D eigenvalue weighted by atomic mass is 79.9. The first-order valence-electron chi connectivity index (χ1n) is 5.69. The average molecular weight is 299 g/mol. The Hall–Kier alpha value is -0.870. The molecule has 1 N–H and O–H groups in total. The second kappa shape index (κ2) is 5.65. The van der Waals surface area contributed by atoms with E-state index in [1.165, 1.54) is 0 Å². The lowest BCUT2D eigenvalue weighted by molar-refractivity contribution is -0.0623. The number of hydrogen-bond donors (Lipinski definition) is 1. The van der Waals surface area contributed by atoms with Crippen molar-refractivity contribution in [1.82, 2.24) is 0 Å². The lowest BCUT2D eigenvalue weighted by Gasteiger charge is -2.42. The number of hydrogen-bond acceptors (Lipinski definition) is 3. The van der Waals surface area contributed by atoms with Crippen LogP contribution < -0.4 is 0 Å². The van der Waals surface area contributed by atoms with Gasteiger partial charge < -0.3 is 9.84 Å². The predicted molar refractivity (Wildman–Crippen MR) is 68.1 cm³/mol. The molecule has 0 radical (unpaired) electrons. The highest BCUT2D eigenvalue weighted by molar-refractivity contribution is 9.09. The van der Waals surface area contributed by atoms with Gasteiger partial charge in [-0.15, -0.1) is 0 Å². The van der Waals surface area contributed by atoms with Gasteiger partial charge in [0.05, 0.1) is 5.56 Å². The van der Waals surface area contributed by atoms with Crippen LogP contribution in [0.3, 0.4) is 0 Å². The first-order chi connectivity index (χ1) is 8.26. The van der Waals surface area contributed by atoms with Crippen molar-refractivity contribution < 1.29 is 14.6 Å². The minimum absolute atomic E-state index is 0.0702. The second-order valence-corrected chi connectivity index (χ2v) is 4.95. The van der Waals surface area contributed by atoms with Crippen LogP contribution in [0, 0.1) is 11.8 Å². The summed E-state index contributed by atoms with van der Waals surface area (Å²) in [6, 6.07) is 8.98. The fraction of sp³-hybridized carbons (Fsp3) is 0.462. The molecule has 1 aliphatic carbocycles. The summed E-state index contributed by atoms with van der Waals surface area (Å²) in [5.41, 5.74) is 0.577. The van der Waals surface area contributed by atoms with Crippen LogP contribution >= 0.6 is 15.9 Å². The largest absolute Gasteiger partial charge is 0.458 e. The number of carbonyl (C=O) groups excluding carboxylic acids is 1. The number of aliphatic hydroxyl groups is 1. The molecule has 0 bridgehead atoms. The minimum Gasteiger partial charge on any atom is -0.458 e. The van der Waals surface area contributed by atoms with E-state index in [1.807, 2.05) is 18.2 Å². The van der Waals surface area contributed by atoms with Crippen molar-refractivity contribution in [3.8, 4) is 0 Å². The maximum atomic E-state index is 11.8. The standard InChI is InChI=1S/C13H15BrO3/c14-7-11-10(8-15)6-12(11)17-13(16)9-4-2-1-3-5-9/h1-5,10-12,15H,6-8H2. The second-order valence-electron chi connectivity index (χ2n) is 4.31. The van der Waals surface area contributed by atoms with Gasteiger partial charge in [0.15, 0.2) is 0 Å². The van der Waals surface area contributed by atoms with Crippen molar-refractivity contribution in [1.29, 1.82) is 0 Å². The molecule has 3 nitrogen and oxygen atoms in total. The van der Waals surface area contributed by atoms with Crippen LogP contribution in [0.5, 0.6) is 0 Å². The van der Waals surface area contributed by atoms with Gasteiger partial charge in [-0.2, -0.15) is 0 Å². The fourth-order valence-corrected chi connectivity index (χ4v) is 3.05. The van der Waals surface area contributed by atoms with Gasteiger partial charge in [0.2, 0.25) is 0 Å². The summed E-state index contributed by atoms with van der Waals surface area (Å²) in [6.07, 6.45) is 0.685. The van der Waals surface area contributed by atoms with E-state index in [2.05, 4.69) is 15.9 Å². The monoisotopic (exact) mass is 298 g/mol. The average Bonchev–Trinajstić information content (AvgIpc) is 2.35. The molecule has 1 fully saturated rings. The normalized spacial score (nSPS) is 27.3. The number of halogens is 1. The van der Waals surface area contributed by atoms with Crippen LogP contribution in [0.1, 0.15) is 16.8 Å². The third-order valence-corrected chi connectivity index (χ3v) is 4.05. The Bertz CT molecular complexity index is 380. The van der Waals surface area contributed by atoms with Crippen molar-refractivity contribution in [3.63, 3.8) is 0 Å². The van der Waals surface area contributed by atoms with E-state index in [0.717, 1.165) is 11.8 Å². The van der Waals surface area contributed by atoms with E-state index in [0.29, 0.717) is 5.56 Å².